The highest BCUT2D eigenvalue weighted by Crippen LogP contribution is 2.38. The van der Waals surface area contributed by atoms with Crippen LogP contribution in [0.5, 0.6) is 0 Å². The van der Waals surface area contributed by atoms with E-state index >= 15 is 0 Å². The van der Waals surface area contributed by atoms with Gasteiger partial charge in [-0.3, -0.25) is 9.59 Å². The summed E-state index contributed by atoms with van der Waals surface area (Å²) in [5.74, 6) is -1.02. The van der Waals surface area contributed by atoms with Crippen LogP contribution in [0.3, 0.4) is 0 Å². The molecule has 0 aliphatic carbocycles. The van der Waals surface area contributed by atoms with Crippen LogP contribution in [0.25, 0.3) is 21.3 Å². The first-order valence-corrected chi connectivity index (χ1v) is 12.1. The van der Waals surface area contributed by atoms with Gasteiger partial charge in [-0.05, 0) is 42.7 Å². The van der Waals surface area contributed by atoms with Crippen LogP contribution in [0.1, 0.15) is 45.5 Å². The summed E-state index contributed by atoms with van der Waals surface area (Å²) in [6.45, 7) is 2.13. The van der Waals surface area contributed by atoms with Crippen LogP contribution >= 0.6 is 34.3 Å². The fraction of sp³-hybridized carbons (Fsp3) is 0.174. The average Bonchev–Trinajstić information content (AvgIpc) is 3.34. The minimum absolute atomic E-state index is 0.255. The van der Waals surface area contributed by atoms with Gasteiger partial charge in [0.2, 0.25) is 0 Å². The molecule has 164 valence electrons. The zero-order valence-electron chi connectivity index (χ0n) is 17.3. The maximum Gasteiger partial charge on any atom is 0.268 e. The Labute approximate surface area is 198 Å². The van der Waals surface area contributed by atoms with Gasteiger partial charge in [0.25, 0.3) is 11.8 Å². The number of carbonyl (C=O) groups is 2. The van der Waals surface area contributed by atoms with Crippen molar-refractivity contribution < 1.29 is 9.59 Å². The molecule has 2 amide bonds. The van der Waals surface area contributed by atoms with Gasteiger partial charge in [0.15, 0.2) is 0 Å². The van der Waals surface area contributed by atoms with E-state index in [0.29, 0.717) is 26.2 Å². The van der Waals surface area contributed by atoms with Crippen molar-refractivity contribution in [1.29, 1.82) is 0 Å². The number of nitrogen functional groups attached to an aromatic ring is 1. The van der Waals surface area contributed by atoms with E-state index in [1.807, 2.05) is 12.1 Å². The molecule has 0 aliphatic rings. The number of nitrogens with zero attached hydrogens (tertiary/aromatic N) is 1. The van der Waals surface area contributed by atoms with Gasteiger partial charge in [-0.1, -0.05) is 37.1 Å². The lowest BCUT2D eigenvalue weighted by Crippen LogP contribution is -2.17. The summed E-state index contributed by atoms with van der Waals surface area (Å²) < 4.78 is 0. The largest absolute Gasteiger partial charge is 0.397 e. The summed E-state index contributed by atoms with van der Waals surface area (Å²) in [5.41, 5.74) is 14.9. The molecule has 9 heteroatoms. The fourth-order valence-electron chi connectivity index (χ4n) is 3.40. The molecular formula is C23H21ClN4O2S2. The number of nitrogens with two attached hydrogens (primary N) is 2. The van der Waals surface area contributed by atoms with E-state index in [2.05, 4.69) is 17.2 Å². The van der Waals surface area contributed by atoms with Crippen LogP contribution in [-0.4, -0.2) is 16.8 Å². The minimum atomic E-state index is -0.627. The van der Waals surface area contributed by atoms with Crippen molar-refractivity contribution in [2.45, 2.75) is 26.2 Å². The topological polar surface area (TPSA) is 111 Å². The number of thiophene rings is 2. The summed E-state index contributed by atoms with van der Waals surface area (Å²) in [6, 6.07) is 10.9. The maximum atomic E-state index is 13.1. The molecule has 0 bridgehead atoms. The first kappa shape index (κ1) is 22.3. The first-order chi connectivity index (χ1) is 15.4. The van der Waals surface area contributed by atoms with Crippen LogP contribution in [0.4, 0.5) is 10.7 Å². The van der Waals surface area contributed by atoms with Gasteiger partial charge in [-0.15, -0.1) is 22.7 Å². The number of hydrogen-bond donors (Lipinski definition) is 3. The number of aryl methyl sites for hydroxylation is 1. The number of anilines is 2. The summed E-state index contributed by atoms with van der Waals surface area (Å²) >= 11 is 8.44. The Morgan fingerprint density at radius 2 is 1.91 bits per heavy atom. The molecule has 4 rings (SSSR count). The van der Waals surface area contributed by atoms with E-state index in [-0.39, 0.29) is 5.56 Å². The van der Waals surface area contributed by atoms with Crippen molar-refractivity contribution in [1.82, 2.24) is 4.98 Å². The molecule has 6 nitrogen and oxygen atoms in total. The summed E-state index contributed by atoms with van der Waals surface area (Å²) in [6.07, 6.45) is 3.02. The Bertz CT molecular complexity index is 1310. The number of rotatable bonds is 7. The zero-order chi connectivity index (χ0) is 22.8. The predicted octanol–water partition coefficient (Wildman–Crippen LogP) is 5.95. The third-order valence-corrected chi connectivity index (χ3v) is 7.33. The molecule has 3 heterocycles. The Hall–Kier alpha value is -2.94. The minimum Gasteiger partial charge on any atom is -0.397 e. The van der Waals surface area contributed by atoms with Gasteiger partial charge < -0.3 is 16.8 Å². The van der Waals surface area contributed by atoms with Crippen molar-refractivity contribution in [3.63, 3.8) is 0 Å². The van der Waals surface area contributed by atoms with E-state index < -0.39 is 11.8 Å². The smallest absolute Gasteiger partial charge is 0.268 e. The number of pyridine rings is 1. The SMILES string of the molecule is CCCCc1ccc2c(N)c(C(=O)Nc3scc(-c4ccc(Cl)cc4)c3C(N)=O)sc2n1. The number of primary amides is 1. The second-order valence-electron chi connectivity index (χ2n) is 7.28. The molecule has 0 atom stereocenters. The van der Waals surface area contributed by atoms with Gasteiger partial charge in [0.1, 0.15) is 14.7 Å². The number of aromatic nitrogens is 1. The lowest BCUT2D eigenvalue weighted by molar-refractivity contribution is 0.100. The monoisotopic (exact) mass is 484 g/mol. The number of unbranched alkanes of at least 4 members (excludes halogenated alkanes) is 1. The van der Waals surface area contributed by atoms with Gasteiger partial charge >= 0.3 is 0 Å². The quantitative estimate of drug-likeness (QED) is 0.300. The van der Waals surface area contributed by atoms with Crippen molar-refractivity contribution in [2.75, 3.05) is 11.1 Å². The zero-order valence-corrected chi connectivity index (χ0v) is 19.7. The number of amides is 2. The Kier molecular flexibility index (Phi) is 6.45. The standard InChI is InChI=1S/C23H21ClN4O2S2/c1-2-3-4-14-9-10-15-18(25)19(32-22(15)27-14)21(30)28-23-17(20(26)29)16(11-31-23)12-5-7-13(24)8-6-12/h5-11H,2-4,25H2,1H3,(H2,26,29)(H,28,30). The van der Waals surface area contributed by atoms with Gasteiger partial charge in [-0.25, -0.2) is 4.98 Å². The van der Waals surface area contributed by atoms with E-state index in [9.17, 15) is 9.59 Å². The van der Waals surface area contributed by atoms with Gasteiger partial charge in [-0.2, -0.15) is 0 Å². The lowest BCUT2D eigenvalue weighted by Gasteiger charge is -2.06. The van der Waals surface area contributed by atoms with Crippen LogP contribution in [0.2, 0.25) is 5.02 Å². The van der Waals surface area contributed by atoms with Crippen LogP contribution in [0.15, 0.2) is 41.8 Å². The van der Waals surface area contributed by atoms with E-state index in [1.54, 1.807) is 29.6 Å². The molecule has 0 saturated heterocycles. The molecular weight excluding hydrogens is 464 g/mol. The fourth-order valence-corrected chi connectivity index (χ4v) is 5.50. The third kappa shape index (κ3) is 4.34. The Morgan fingerprint density at radius 1 is 1.16 bits per heavy atom. The van der Waals surface area contributed by atoms with Crippen molar-refractivity contribution in [3.05, 3.63) is 62.9 Å². The number of hydrogen-bond acceptors (Lipinski definition) is 6. The Balaban J connectivity index is 1.65. The third-order valence-electron chi connectivity index (χ3n) is 5.06. The van der Waals surface area contributed by atoms with Crippen molar-refractivity contribution in [3.8, 4) is 11.1 Å². The summed E-state index contributed by atoms with van der Waals surface area (Å²) in [7, 11) is 0. The van der Waals surface area contributed by atoms with E-state index in [4.69, 9.17) is 23.1 Å². The molecule has 5 N–H and O–H groups in total. The molecule has 0 unspecified atom stereocenters. The number of carbonyl (C=O) groups excluding carboxylic acids is 2. The molecule has 0 aliphatic heterocycles. The molecule has 1 aromatic carbocycles. The summed E-state index contributed by atoms with van der Waals surface area (Å²) in [5, 5.41) is 6.32. The van der Waals surface area contributed by atoms with Crippen molar-refractivity contribution >= 4 is 67.0 Å². The lowest BCUT2D eigenvalue weighted by atomic mass is 10.0. The number of nitrogens with one attached hydrogen (secondary N) is 1. The van der Waals surface area contributed by atoms with E-state index in [1.165, 1.54) is 22.7 Å². The highest BCUT2D eigenvalue weighted by molar-refractivity contribution is 7.21. The normalized spacial score (nSPS) is 11.1. The van der Waals surface area contributed by atoms with Crippen molar-refractivity contribution in [2.24, 2.45) is 5.73 Å². The number of fused-ring (bicyclic) bond motifs is 1. The average molecular weight is 485 g/mol. The van der Waals surface area contributed by atoms with Crippen LogP contribution < -0.4 is 16.8 Å². The highest BCUT2D eigenvalue weighted by Gasteiger charge is 2.23. The first-order valence-electron chi connectivity index (χ1n) is 10.1. The molecule has 0 saturated carbocycles. The number of benzene rings is 1. The molecule has 4 aromatic rings. The second kappa shape index (κ2) is 9.28. The summed E-state index contributed by atoms with van der Waals surface area (Å²) in [4.78, 5) is 31.0. The maximum absolute atomic E-state index is 13.1. The molecule has 0 radical (unpaired) electrons. The molecule has 3 aromatic heterocycles. The number of halogens is 1. The van der Waals surface area contributed by atoms with E-state index in [0.717, 1.165) is 40.7 Å². The van der Waals surface area contributed by atoms with Gasteiger partial charge in [0, 0.05) is 27.0 Å². The van der Waals surface area contributed by atoms with Crippen LogP contribution in [0, 0.1) is 0 Å². The predicted molar refractivity (Wildman–Crippen MR) is 134 cm³/mol. The van der Waals surface area contributed by atoms with Crippen LogP contribution in [-0.2, 0) is 6.42 Å². The Morgan fingerprint density at radius 3 is 2.59 bits per heavy atom. The molecule has 32 heavy (non-hydrogen) atoms. The highest BCUT2D eigenvalue weighted by atomic mass is 35.5. The second-order valence-corrected chi connectivity index (χ2v) is 9.60. The molecule has 0 spiro atoms. The molecule has 0 fully saturated rings. The van der Waals surface area contributed by atoms with Gasteiger partial charge in [0.05, 0.1) is 11.3 Å².